The predicted molar refractivity (Wildman–Crippen MR) is 77.3 cm³/mol. The van der Waals surface area contributed by atoms with Crippen molar-refractivity contribution in [2.75, 3.05) is 26.4 Å². The maximum atomic E-state index is 10.2. The van der Waals surface area contributed by atoms with Gasteiger partial charge in [-0.15, -0.1) is 0 Å². The molecule has 3 aliphatic rings. The van der Waals surface area contributed by atoms with E-state index in [2.05, 4.69) is 0 Å². The van der Waals surface area contributed by atoms with Gasteiger partial charge in [-0.3, -0.25) is 0 Å². The van der Waals surface area contributed by atoms with Gasteiger partial charge < -0.3 is 59.8 Å². The molecule has 0 aromatic carbocycles. The van der Waals surface area contributed by atoms with Crippen LogP contribution >= 0.6 is 0 Å². The largest absolute Gasteiger partial charge is 0.394 e. The van der Waals surface area contributed by atoms with Crippen LogP contribution in [0.25, 0.3) is 0 Å². The van der Waals surface area contributed by atoms with Crippen molar-refractivity contribution in [3.05, 3.63) is 0 Å². The van der Waals surface area contributed by atoms with Crippen LogP contribution in [0.3, 0.4) is 0 Å². The summed E-state index contributed by atoms with van der Waals surface area (Å²) >= 11 is 0. The third kappa shape index (κ3) is 2.96. The Hall–Kier alpha value is -0.480. The van der Waals surface area contributed by atoms with E-state index in [0.29, 0.717) is 0 Å². The van der Waals surface area contributed by atoms with Gasteiger partial charge in [-0.25, -0.2) is 0 Å². The van der Waals surface area contributed by atoms with Crippen LogP contribution in [0.1, 0.15) is 0 Å². The topological polar surface area (TPSA) is 199 Å². The van der Waals surface area contributed by atoms with Crippen LogP contribution < -0.4 is 0 Å². The molecule has 8 N–H and O–H groups in total. The molecule has 0 amide bonds. The van der Waals surface area contributed by atoms with E-state index in [-0.39, 0.29) is 0 Å². The van der Waals surface area contributed by atoms with Crippen LogP contribution in [0, 0.1) is 0 Å². The zero-order valence-corrected chi connectivity index (χ0v) is 13.7. The van der Waals surface area contributed by atoms with E-state index in [9.17, 15) is 40.9 Å². The number of hydrogen-bond acceptors (Lipinski definition) is 12. The number of aliphatic hydroxyl groups excluding tert-OH is 8. The Morgan fingerprint density at radius 1 is 0.615 bits per heavy atom. The number of aliphatic hydroxyl groups is 8. The van der Waals surface area contributed by atoms with Crippen LogP contribution in [0.4, 0.5) is 0 Å². The quantitative estimate of drug-likeness (QED) is 0.225. The van der Waals surface area contributed by atoms with Crippen molar-refractivity contribution in [2.24, 2.45) is 0 Å². The van der Waals surface area contributed by atoms with Gasteiger partial charge in [0.05, 0.1) is 13.2 Å². The standard InChI is InChI=1S/C14H24O12/c15-1-5-7(17)9(19)11(21)13(25-5)3-24-14(4-23-13)12(22)10(20)8(18)6(2-16)26-14/h5-12,15-22H,1-4H2/t5-,6-,7+,8+,9+,10+,11-,12-,13+,14+/m1/s1. The normalized spacial score (nSPS) is 55.4. The lowest BCUT2D eigenvalue weighted by Gasteiger charge is -2.55. The first-order valence-corrected chi connectivity index (χ1v) is 8.15. The summed E-state index contributed by atoms with van der Waals surface area (Å²) in [5.41, 5.74) is 0. The third-order valence-electron chi connectivity index (χ3n) is 5.11. The summed E-state index contributed by atoms with van der Waals surface area (Å²) in [7, 11) is 0. The van der Waals surface area contributed by atoms with E-state index in [0.717, 1.165) is 0 Å². The molecule has 0 aromatic rings. The first-order valence-electron chi connectivity index (χ1n) is 8.15. The van der Waals surface area contributed by atoms with Crippen molar-refractivity contribution in [1.29, 1.82) is 0 Å². The Balaban J connectivity index is 1.79. The highest BCUT2D eigenvalue weighted by molar-refractivity contribution is 5.03. The summed E-state index contributed by atoms with van der Waals surface area (Å²) in [6.45, 7) is -2.55. The number of rotatable bonds is 2. The van der Waals surface area contributed by atoms with Crippen LogP contribution in [-0.4, -0.2) is 128 Å². The minimum Gasteiger partial charge on any atom is -0.394 e. The average molecular weight is 384 g/mol. The second-order valence-electron chi connectivity index (χ2n) is 6.73. The van der Waals surface area contributed by atoms with Crippen LogP contribution in [-0.2, 0) is 18.9 Å². The van der Waals surface area contributed by atoms with Crippen LogP contribution in [0.15, 0.2) is 0 Å². The molecule has 0 aromatic heterocycles. The molecule has 3 fully saturated rings. The Labute approximate surface area is 147 Å². The fourth-order valence-electron chi connectivity index (χ4n) is 3.42. The van der Waals surface area contributed by atoms with Gasteiger partial charge in [-0.1, -0.05) is 0 Å². The summed E-state index contributed by atoms with van der Waals surface area (Å²) in [5.74, 6) is -3.92. The van der Waals surface area contributed by atoms with E-state index >= 15 is 0 Å². The Kier molecular flexibility index (Phi) is 5.58. The van der Waals surface area contributed by atoms with E-state index in [1.165, 1.54) is 0 Å². The molecule has 12 heteroatoms. The molecule has 0 aliphatic carbocycles. The van der Waals surface area contributed by atoms with Crippen molar-refractivity contribution in [3.8, 4) is 0 Å². The van der Waals surface area contributed by atoms with Crippen LogP contribution in [0.5, 0.6) is 0 Å². The summed E-state index contributed by atoms with van der Waals surface area (Å²) in [6, 6.07) is 0. The van der Waals surface area contributed by atoms with Gasteiger partial charge in [-0.2, -0.15) is 0 Å². The lowest BCUT2D eigenvalue weighted by molar-refractivity contribution is -0.467. The molecular formula is C14H24O12. The molecule has 12 nitrogen and oxygen atoms in total. The SMILES string of the molecule is OC[C@H]1O[C@@]2(CO[C@@]3(CO2)O[C@H](CO)[C@H](O)[C@H](O)[C@H]3O)[C@H](O)[C@@H](O)[C@H]1O. The van der Waals surface area contributed by atoms with Crippen LogP contribution in [0.2, 0.25) is 0 Å². The van der Waals surface area contributed by atoms with Crippen molar-refractivity contribution in [3.63, 3.8) is 0 Å². The molecular weight excluding hydrogens is 360 g/mol. The molecule has 3 heterocycles. The molecule has 26 heavy (non-hydrogen) atoms. The molecule has 152 valence electrons. The zero-order valence-electron chi connectivity index (χ0n) is 13.7. The fourth-order valence-corrected chi connectivity index (χ4v) is 3.42. The van der Waals surface area contributed by atoms with E-state index in [1.54, 1.807) is 0 Å². The highest BCUT2D eigenvalue weighted by Gasteiger charge is 2.63. The molecule has 0 unspecified atom stereocenters. The molecule has 0 bridgehead atoms. The second-order valence-corrected chi connectivity index (χ2v) is 6.73. The summed E-state index contributed by atoms with van der Waals surface area (Å²) < 4.78 is 21.7. The van der Waals surface area contributed by atoms with E-state index in [4.69, 9.17) is 18.9 Å². The van der Waals surface area contributed by atoms with Gasteiger partial charge in [0.25, 0.3) is 0 Å². The lowest BCUT2D eigenvalue weighted by Crippen LogP contribution is -2.75. The average Bonchev–Trinajstić information content (AvgIpc) is 2.66. The molecule has 0 saturated carbocycles. The summed E-state index contributed by atoms with van der Waals surface area (Å²) in [5, 5.41) is 78.5. The van der Waals surface area contributed by atoms with Crippen molar-refractivity contribution >= 4 is 0 Å². The van der Waals surface area contributed by atoms with Gasteiger partial charge in [0.15, 0.2) is 0 Å². The first-order chi connectivity index (χ1) is 12.2. The summed E-state index contributed by atoms with van der Waals surface area (Å²) in [4.78, 5) is 0. The van der Waals surface area contributed by atoms with Gasteiger partial charge in [-0.05, 0) is 0 Å². The number of hydrogen-bond donors (Lipinski definition) is 8. The van der Waals surface area contributed by atoms with E-state index in [1.807, 2.05) is 0 Å². The molecule has 0 radical (unpaired) electrons. The van der Waals surface area contributed by atoms with Gasteiger partial charge in [0.2, 0.25) is 11.6 Å². The molecule has 2 spiro atoms. The maximum absolute atomic E-state index is 10.2. The molecule has 3 saturated heterocycles. The predicted octanol–water partition coefficient (Wildman–Crippen LogP) is -5.63. The number of ether oxygens (including phenoxy) is 4. The first kappa shape index (κ1) is 20.3. The minimum absolute atomic E-state index is 0.605. The van der Waals surface area contributed by atoms with Crippen molar-refractivity contribution < 1.29 is 59.8 Å². The van der Waals surface area contributed by atoms with E-state index < -0.39 is 86.8 Å². The second kappa shape index (κ2) is 7.16. The maximum Gasteiger partial charge on any atom is 0.222 e. The fraction of sp³-hybridized carbons (Fsp3) is 1.00. The monoisotopic (exact) mass is 384 g/mol. The Morgan fingerprint density at radius 3 is 1.23 bits per heavy atom. The zero-order chi connectivity index (χ0) is 19.3. The van der Waals surface area contributed by atoms with Gasteiger partial charge in [0, 0.05) is 0 Å². The summed E-state index contributed by atoms with van der Waals surface area (Å²) in [6.07, 6.45) is -12.5. The smallest absolute Gasteiger partial charge is 0.222 e. The lowest BCUT2D eigenvalue weighted by atomic mass is 9.89. The van der Waals surface area contributed by atoms with Gasteiger partial charge in [0.1, 0.15) is 62.0 Å². The molecule has 3 rings (SSSR count). The molecule has 10 atom stereocenters. The Morgan fingerprint density at radius 2 is 0.962 bits per heavy atom. The van der Waals surface area contributed by atoms with Gasteiger partial charge >= 0.3 is 0 Å². The Bertz CT molecular complexity index is 446. The highest BCUT2D eigenvalue weighted by Crippen LogP contribution is 2.41. The third-order valence-corrected chi connectivity index (χ3v) is 5.11. The highest BCUT2D eigenvalue weighted by atomic mass is 16.8. The molecule has 3 aliphatic heterocycles. The van der Waals surface area contributed by atoms with Crippen molar-refractivity contribution in [2.45, 2.75) is 60.4 Å². The van der Waals surface area contributed by atoms with Crippen molar-refractivity contribution in [1.82, 2.24) is 0 Å². The minimum atomic E-state index is -1.96.